The first-order chi connectivity index (χ1) is 8.60. The number of benzene rings is 1. The maximum Gasteiger partial charge on any atom is 0.222 e. The summed E-state index contributed by atoms with van der Waals surface area (Å²) in [5.74, 6) is -1.17. The minimum Gasteiger partial charge on any atom is -0.497 e. The van der Waals surface area contributed by atoms with Gasteiger partial charge in [0, 0.05) is 6.07 Å². The number of anilines is 3. The van der Waals surface area contributed by atoms with Crippen molar-refractivity contribution in [3.05, 3.63) is 36.0 Å². The smallest absolute Gasteiger partial charge is 0.222 e. The van der Waals surface area contributed by atoms with E-state index in [1.165, 1.54) is 25.3 Å². The van der Waals surface area contributed by atoms with Crippen molar-refractivity contribution in [1.82, 2.24) is 9.97 Å². The number of halogens is 2. The Morgan fingerprint density at radius 2 is 2.06 bits per heavy atom. The summed E-state index contributed by atoms with van der Waals surface area (Å²) >= 11 is 0. The number of hydrogen-bond acceptors (Lipinski definition) is 5. The van der Waals surface area contributed by atoms with E-state index in [0.717, 1.165) is 6.20 Å². The molecular weight excluding hydrogens is 242 g/mol. The topological polar surface area (TPSA) is 73.1 Å². The number of nitrogens with two attached hydrogens (primary N) is 1. The van der Waals surface area contributed by atoms with Gasteiger partial charge < -0.3 is 15.8 Å². The Morgan fingerprint density at radius 1 is 1.28 bits per heavy atom. The van der Waals surface area contributed by atoms with Crippen LogP contribution in [0, 0.1) is 11.6 Å². The van der Waals surface area contributed by atoms with Crippen LogP contribution in [0.5, 0.6) is 5.75 Å². The molecule has 0 bridgehead atoms. The van der Waals surface area contributed by atoms with Crippen LogP contribution in [0.25, 0.3) is 0 Å². The minimum absolute atomic E-state index is 0.0337. The highest BCUT2D eigenvalue weighted by Gasteiger charge is 2.09. The van der Waals surface area contributed by atoms with Crippen LogP contribution in [-0.2, 0) is 0 Å². The van der Waals surface area contributed by atoms with E-state index in [4.69, 9.17) is 10.5 Å². The first-order valence-corrected chi connectivity index (χ1v) is 4.98. The maximum atomic E-state index is 13.5. The van der Waals surface area contributed by atoms with Gasteiger partial charge in [0.05, 0.1) is 19.0 Å². The Hall–Kier alpha value is -2.44. The number of methoxy groups -OCH3 is 1. The minimum atomic E-state index is -0.730. The van der Waals surface area contributed by atoms with E-state index in [1.54, 1.807) is 0 Å². The second-order valence-electron chi connectivity index (χ2n) is 3.40. The van der Waals surface area contributed by atoms with Crippen LogP contribution in [0.4, 0.5) is 26.2 Å². The van der Waals surface area contributed by atoms with Gasteiger partial charge in [-0.05, 0) is 12.1 Å². The molecule has 0 amide bonds. The molecule has 94 valence electrons. The molecule has 0 unspecified atom stereocenters. The van der Waals surface area contributed by atoms with Gasteiger partial charge >= 0.3 is 0 Å². The molecular formula is C11H10F2N4O. The molecule has 0 radical (unpaired) electrons. The molecule has 5 nitrogen and oxygen atoms in total. The molecule has 0 aliphatic heterocycles. The van der Waals surface area contributed by atoms with Crippen LogP contribution < -0.4 is 15.8 Å². The molecule has 3 N–H and O–H groups in total. The fourth-order valence-electron chi connectivity index (χ4n) is 1.32. The Morgan fingerprint density at radius 3 is 2.78 bits per heavy atom. The lowest BCUT2D eigenvalue weighted by Gasteiger charge is -2.09. The summed E-state index contributed by atoms with van der Waals surface area (Å²) in [6.07, 6.45) is 0.905. The Kier molecular flexibility index (Phi) is 3.22. The van der Waals surface area contributed by atoms with Crippen LogP contribution in [0.15, 0.2) is 24.4 Å². The number of aromatic nitrogens is 2. The Balaban J connectivity index is 2.36. The molecule has 0 aliphatic carbocycles. The summed E-state index contributed by atoms with van der Waals surface area (Å²) in [5.41, 5.74) is 5.36. The van der Waals surface area contributed by atoms with E-state index in [9.17, 15) is 8.78 Å². The molecule has 0 saturated carbocycles. The number of nitrogen functional groups attached to an aromatic ring is 1. The van der Waals surface area contributed by atoms with Crippen molar-refractivity contribution in [3.8, 4) is 5.75 Å². The molecule has 0 aliphatic rings. The molecule has 18 heavy (non-hydrogen) atoms. The SMILES string of the molecule is COc1ccc(F)c(Nc2nc(N)ncc2F)c1. The molecule has 0 atom stereocenters. The predicted octanol–water partition coefficient (Wildman–Crippen LogP) is 2.09. The van der Waals surface area contributed by atoms with E-state index in [1.807, 2.05) is 0 Å². The molecule has 1 aromatic carbocycles. The average molecular weight is 252 g/mol. The summed E-state index contributed by atoms with van der Waals surface area (Å²) in [6.45, 7) is 0. The second-order valence-corrected chi connectivity index (χ2v) is 3.40. The maximum absolute atomic E-state index is 13.5. The third-order valence-electron chi connectivity index (χ3n) is 2.19. The molecule has 7 heteroatoms. The van der Waals surface area contributed by atoms with E-state index in [0.29, 0.717) is 5.75 Å². The summed E-state index contributed by atoms with van der Waals surface area (Å²) in [4.78, 5) is 7.11. The van der Waals surface area contributed by atoms with E-state index < -0.39 is 11.6 Å². The summed E-state index contributed by atoms with van der Waals surface area (Å²) in [7, 11) is 1.44. The second kappa shape index (κ2) is 4.82. The van der Waals surface area contributed by atoms with E-state index >= 15 is 0 Å². The van der Waals surface area contributed by atoms with Gasteiger partial charge in [-0.2, -0.15) is 4.98 Å². The number of ether oxygens (including phenoxy) is 1. The molecule has 1 heterocycles. The van der Waals surface area contributed by atoms with Crippen molar-refractivity contribution in [3.63, 3.8) is 0 Å². The monoisotopic (exact) mass is 252 g/mol. The quantitative estimate of drug-likeness (QED) is 0.875. The van der Waals surface area contributed by atoms with Gasteiger partial charge in [-0.3, -0.25) is 0 Å². The van der Waals surface area contributed by atoms with Crippen molar-refractivity contribution in [1.29, 1.82) is 0 Å². The fraction of sp³-hybridized carbons (Fsp3) is 0.0909. The van der Waals surface area contributed by atoms with Gasteiger partial charge in [0.15, 0.2) is 11.6 Å². The predicted molar refractivity (Wildman–Crippen MR) is 62.6 cm³/mol. The first-order valence-electron chi connectivity index (χ1n) is 4.98. The average Bonchev–Trinajstić information content (AvgIpc) is 2.36. The van der Waals surface area contributed by atoms with Crippen LogP contribution in [-0.4, -0.2) is 17.1 Å². The van der Waals surface area contributed by atoms with Crippen molar-refractivity contribution in [2.75, 3.05) is 18.2 Å². The Labute approximate surface area is 102 Å². The number of hydrogen-bond donors (Lipinski definition) is 2. The lowest BCUT2D eigenvalue weighted by Crippen LogP contribution is -2.03. The standard InChI is InChI=1S/C11H10F2N4O/c1-18-6-2-3-7(12)9(4-6)16-10-8(13)5-15-11(14)17-10/h2-5H,1H3,(H3,14,15,16,17). The van der Waals surface area contributed by atoms with E-state index in [2.05, 4.69) is 15.3 Å². The normalized spacial score (nSPS) is 10.2. The van der Waals surface area contributed by atoms with Gasteiger partial charge in [0.25, 0.3) is 0 Å². The zero-order chi connectivity index (χ0) is 13.1. The molecule has 2 aromatic rings. The van der Waals surface area contributed by atoms with Crippen LogP contribution in [0.3, 0.4) is 0 Å². The summed E-state index contributed by atoms with van der Waals surface area (Å²) in [6, 6.07) is 4.03. The molecule has 0 spiro atoms. The largest absolute Gasteiger partial charge is 0.497 e. The molecule has 0 saturated heterocycles. The third-order valence-corrected chi connectivity index (χ3v) is 2.19. The van der Waals surface area contributed by atoms with Gasteiger partial charge in [-0.15, -0.1) is 0 Å². The van der Waals surface area contributed by atoms with Crippen molar-refractivity contribution in [2.45, 2.75) is 0 Å². The molecule has 2 rings (SSSR count). The van der Waals surface area contributed by atoms with Crippen LogP contribution in [0.1, 0.15) is 0 Å². The van der Waals surface area contributed by atoms with E-state index in [-0.39, 0.29) is 17.5 Å². The summed E-state index contributed by atoms with van der Waals surface area (Å²) < 4.78 is 31.8. The summed E-state index contributed by atoms with van der Waals surface area (Å²) in [5, 5.41) is 2.49. The third kappa shape index (κ3) is 2.45. The zero-order valence-electron chi connectivity index (χ0n) is 9.45. The van der Waals surface area contributed by atoms with Gasteiger partial charge in [-0.1, -0.05) is 0 Å². The lowest BCUT2D eigenvalue weighted by molar-refractivity contribution is 0.414. The number of nitrogens with one attached hydrogen (secondary N) is 1. The molecule has 0 fully saturated rings. The molecule has 1 aromatic heterocycles. The van der Waals surface area contributed by atoms with Gasteiger partial charge in [0.1, 0.15) is 11.6 Å². The lowest BCUT2D eigenvalue weighted by atomic mass is 10.3. The van der Waals surface area contributed by atoms with Crippen LogP contribution >= 0.6 is 0 Å². The van der Waals surface area contributed by atoms with Gasteiger partial charge in [-0.25, -0.2) is 13.8 Å². The number of nitrogens with zero attached hydrogens (tertiary/aromatic N) is 2. The highest BCUT2D eigenvalue weighted by molar-refractivity contribution is 5.59. The van der Waals surface area contributed by atoms with Crippen molar-refractivity contribution in [2.24, 2.45) is 0 Å². The van der Waals surface area contributed by atoms with Crippen molar-refractivity contribution < 1.29 is 13.5 Å². The van der Waals surface area contributed by atoms with Crippen LogP contribution in [0.2, 0.25) is 0 Å². The zero-order valence-corrected chi connectivity index (χ0v) is 9.45. The van der Waals surface area contributed by atoms with Gasteiger partial charge in [0.2, 0.25) is 5.95 Å². The Bertz CT molecular complexity index is 577. The highest BCUT2D eigenvalue weighted by atomic mass is 19.1. The fourth-order valence-corrected chi connectivity index (χ4v) is 1.32. The highest BCUT2D eigenvalue weighted by Crippen LogP contribution is 2.25. The first kappa shape index (κ1) is 12.0. The number of rotatable bonds is 3. The van der Waals surface area contributed by atoms with Crippen molar-refractivity contribution >= 4 is 17.5 Å².